The summed E-state index contributed by atoms with van der Waals surface area (Å²) in [5, 5.41) is 0.792. The lowest BCUT2D eigenvalue weighted by Gasteiger charge is -2.02. The average Bonchev–Trinajstić information content (AvgIpc) is 2.16. The summed E-state index contributed by atoms with van der Waals surface area (Å²) in [4.78, 5) is 8.62. The predicted molar refractivity (Wildman–Crippen MR) is 65.8 cm³/mol. The Hall–Kier alpha value is -0.420. The van der Waals surface area contributed by atoms with Gasteiger partial charge in [0.25, 0.3) is 0 Å². The van der Waals surface area contributed by atoms with E-state index in [1.807, 2.05) is 26.8 Å². The maximum atomic E-state index is 11.2. The molecule has 0 aliphatic rings. The van der Waals surface area contributed by atoms with E-state index in [1.54, 1.807) is 11.8 Å². The van der Waals surface area contributed by atoms with Crippen LogP contribution >= 0.6 is 11.8 Å². The number of aromatic nitrogens is 2. The zero-order valence-corrected chi connectivity index (χ0v) is 11.0. The number of nitrogens with zero attached hydrogens (tertiary/aromatic N) is 2. The van der Waals surface area contributed by atoms with Crippen LogP contribution in [0, 0.1) is 13.8 Å². The molecule has 84 valence electrons. The Morgan fingerprint density at radius 2 is 1.93 bits per heavy atom. The van der Waals surface area contributed by atoms with Crippen LogP contribution in [0.1, 0.15) is 18.3 Å². The lowest BCUT2D eigenvalue weighted by Crippen LogP contribution is -2.03. The summed E-state index contributed by atoms with van der Waals surface area (Å²) < 4.78 is 11.2. The average molecular weight is 244 g/mol. The van der Waals surface area contributed by atoms with E-state index in [0.717, 1.165) is 33.8 Å². The Morgan fingerprint density at radius 3 is 2.47 bits per heavy atom. The molecule has 0 spiro atoms. The van der Waals surface area contributed by atoms with Gasteiger partial charge in [-0.25, -0.2) is 9.97 Å². The fourth-order valence-electron chi connectivity index (χ4n) is 1.13. The monoisotopic (exact) mass is 244 g/mol. The third-order valence-corrected chi connectivity index (χ3v) is 4.24. The van der Waals surface area contributed by atoms with Gasteiger partial charge < -0.3 is 0 Å². The standard InChI is InChI=1S/C10H16N2OS2/c1-4-15(13)6-5-14-10-11-8(2)7-9(3)12-10/h7H,4-6H2,1-3H3/t15-/m0/s1. The molecule has 0 N–H and O–H groups in total. The zero-order chi connectivity index (χ0) is 11.3. The molecule has 15 heavy (non-hydrogen) atoms. The van der Waals surface area contributed by atoms with Crippen LogP contribution in [0.5, 0.6) is 0 Å². The van der Waals surface area contributed by atoms with Crippen molar-refractivity contribution < 1.29 is 4.21 Å². The first-order chi connectivity index (χ1) is 7.11. The maximum Gasteiger partial charge on any atom is 0.188 e. The van der Waals surface area contributed by atoms with Crippen molar-refractivity contribution in [1.82, 2.24) is 9.97 Å². The summed E-state index contributed by atoms with van der Waals surface area (Å²) in [6.07, 6.45) is 0. The molecule has 1 aromatic heterocycles. The first-order valence-electron chi connectivity index (χ1n) is 4.92. The fraction of sp³-hybridized carbons (Fsp3) is 0.600. The Kier molecular flexibility index (Phi) is 5.25. The summed E-state index contributed by atoms with van der Waals surface area (Å²) in [6.45, 7) is 5.86. The molecule has 0 unspecified atom stereocenters. The molecule has 0 fully saturated rings. The smallest absolute Gasteiger partial charge is 0.188 e. The fourth-order valence-corrected chi connectivity index (χ4v) is 3.09. The highest BCUT2D eigenvalue weighted by Gasteiger charge is 2.02. The van der Waals surface area contributed by atoms with E-state index >= 15 is 0 Å². The molecular formula is C10H16N2OS2. The second-order valence-electron chi connectivity index (χ2n) is 3.21. The Labute approximate surface area is 97.6 Å². The lowest BCUT2D eigenvalue weighted by molar-refractivity contribution is 0.685. The SMILES string of the molecule is CC[S@](=O)CCSc1nc(C)cc(C)n1. The Morgan fingerprint density at radius 1 is 1.33 bits per heavy atom. The van der Waals surface area contributed by atoms with E-state index in [0.29, 0.717) is 0 Å². The predicted octanol–water partition coefficient (Wildman–Crippen LogP) is 1.95. The molecular weight excluding hydrogens is 228 g/mol. The van der Waals surface area contributed by atoms with Crippen molar-refractivity contribution in [1.29, 1.82) is 0 Å². The van der Waals surface area contributed by atoms with Crippen LogP contribution in [0.2, 0.25) is 0 Å². The van der Waals surface area contributed by atoms with E-state index in [9.17, 15) is 4.21 Å². The highest BCUT2D eigenvalue weighted by Crippen LogP contribution is 2.13. The minimum Gasteiger partial charge on any atom is -0.260 e. The molecule has 0 aliphatic carbocycles. The molecule has 0 aliphatic heterocycles. The second-order valence-corrected chi connectivity index (χ2v) is 6.14. The highest BCUT2D eigenvalue weighted by molar-refractivity contribution is 8.00. The van der Waals surface area contributed by atoms with Crippen molar-refractivity contribution in [2.45, 2.75) is 25.9 Å². The first kappa shape index (κ1) is 12.6. The molecule has 1 heterocycles. The minimum absolute atomic E-state index is 0.688. The molecule has 0 saturated carbocycles. The van der Waals surface area contributed by atoms with Crippen LogP contribution in [0.15, 0.2) is 11.2 Å². The van der Waals surface area contributed by atoms with Crippen molar-refractivity contribution in [2.75, 3.05) is 17.3 Å². The molecule has 1 rings (SSSR count). The first-order valence-corrected chi connectivity index (χ1v) is 7.39. The Bertz CT molecular complexity index is 335. The third kappa shape index (κ3) is 4.75. The number of thioether (sulfide) groups is 1. The lowest BCUT2D eigenvalue weighted by atomic mass is 10.4. The van der Waals surface area contributed by atoms with Crippen LogP contribution in [-0.2, 0) is 10.8 Å². The van der Waals surface area contributed by atoms with Gasteiger partial charge in [0.1, 0.15) is 0 Å². The molecule has 3 nitrogen and oxygen atoms in total. The van der Waals surface area contributed by atoms with Crippen molar-refractivity contribution >= 4 is 22.6 Å². The van der Waals surface area contributed by atoms with Crippen LogP contribution < -0.4 is 0 Å². The molecule has 0 saturated heterocycles. The number of hydrogen-bond donors (Lipinski definition) is 0. The Balaban J connectivity index is 2.47. The van der Waals surface area contributed by atoms with Crippen molar-refractivity contribution in [3.63, 3.8) is 0 Å². The highest BCUT2D eigenvalue weighted by atomic mass is 32.2. The van der Waals surface area contributed by atoms with Crippen LogP contribution in [-0.4, -0.2) is 31.4 Å². The third-order valence-electron chi connectivity index (χ3n) is 1.83. The summed E-state index contributed by atoms with van der Waals surface area (Å²) in [7, 11) is -0.688. The van der Waals surface area contributed by atoms with E-state index < -0.39 is 10.8 Å². The van der Waals surface area contributed by atoms with Gasteiger partial charge in [-0.05, 0) is 19.9 Å². The van der Waals surface area contributed by atoms with E-state index in [2.05, 4.69) is 9.97 Å². The molecule has 0 bridgehead atoms. The van der Waals surface area contributed by atoms with Crippen molar-refractivity contribution in [2.24, 2.45) is 0 Å². The topological polar surface area (TPSA) is 42.9 Å². The van der Waals surface area contributed by atoms with Gasteiger partial charge in [0.05, 0.1) is 0 Å². The molecule has 0 aromatic carbocycles. The summed E-state index contributed by atoms with van der Waals surface area (Å²) in [5.41, 5.74) is 1.98. The normalized spacial score (nSPS) is 12.7. The van der Waals surface area contributed by atoms with Crippen LogP contribution in [0.3, 0.4) is 0 Å². The van der Waals surface area contributed by atoms with Gasteiger partial charge in [-0.15, -0.1) is 0 Å². The van der Waals surface area contributed by atoms with Gasteiger partial charge >= 0.3 is 0 Å². The van der Waals surface area contributed by atoms with Gasteiger partial charge in [-0.2, -0.15) is 0 Å². The molecule has 0 amide bonds. The van der Waals surface area contributed by atoms with E-state index in [-0.39, 0.29) is 0 Å². The zero-order valence-electron chi connectivity index (χ0n) is 9.32. The largest absolute Gasteiger partial charge is 0.260 e. The van der Waals surface area contributed by atoms with Crippen LogP contribution in [0.25, 0.3) is 0 Å². The molecule has 1 atom stereocenters. The quantitative estimate of drug-likeness (QED) is 0.586. The van der Waals surface area contributed by atoms with Gasteiger partial charge in [0.2, 0.25) is 0 Å². The number of hydrogen-bond acceptors (Lipinski definition) is 4. The second kappa shape index (κ2) is 6.23. The van der Waals surface area contributed by atoms with E-state index in [1.165, 1.54) is 0 Å². The molecule has 0 radical (unpaired) electrons. The van der Waals surface area contributed by atoms with Crippen LogP contribution in [0.4, 0.5) is 0 Å². The number of rotatable bonds is 5. The number of aryl methyl sites for hydroxylation is 2. The van der Waals surface area contributed by atoms with Crippen molar-refractivity contribution in [3.8, 4) is 0 Å². The van der Waals surface area contributed by atoms with Gasteiger partial charge in [-0.1, -0.05) is 18.7 Å². The summed E-state index contributed by atoms with van der Waals surface area (Å²) >= 11 is 1.58. The molecule has 5 heteroatoms. The molecule has 1 aromatic rings. The minimum atomic E-state index is -0.688. The maximum absolute atomic E-state index is 11.2. The summed E-state index contributed by atoms with van der Waals surface area (Å²) in [5.74, 6) is 2.27. The summed E-state index contributed by atoms with van der Waals surface area (Å²) in [6, 6.07) is 1.95. The van der Waals surface area contributed by atoms with Gasteiger partial charge in [-0.3, -0.25) is 4.21 Å². The van der Waals surface area contributed by atoms with E-state index in [4.69, 9.17) is 0 Å². The van der Waals surface area contributed by atoms with Gasteiger partial charge in [0, 0.05) is 39.4 Å². The van der Waals surface area contributed by atoms with Gasteiger partial charge in [0.15, 0.2) is 5.16 Å². The van der Waals surface area contributed by atoms with Crippen molar-refractivity contribution in [3.05, 3.63) is 17.5 Å².